The van der Waals surface area contributed by atoms with Crippen LogP contribution in [0, 0.1) is 5.82 Å². The fourth-order valence-electron chi connectivity index (χ4n) is 2.07. The fourth-order valence-corrected chi connectivity index (χ4v) is 2.34. The molecule has 0 unspecified atom stereocenters. The van der Waals surface area contributed by atoms with Crippen LogP contribution in [0.3, 0.4) is 0 Å². The third-order valence-electron chi connectivity index (χ3n) is 3.02. The molecule has 0 saturated carbocycles. The van der Waals surface area contributed by atoms with E-state index in [1.54, 1.807) is 13.2 Å². The summed E-state index contributed by atoms with van der Waals surface area (Å²) in [5, 5.41) is 6.76. The number of methoxy groups -OCH3 is 1. The van der Waals surface area contributed by atoms with E-state index in [4.69, 9.17) is 21.2 Å². The lowest BCUT2D eigenvalue weighted by molar-refractivity contribution is -0.132. The number of carbonyl (C=O) groups excluding carboxylic acids is 1. The minimum atomic E-state index is -0.782. The zero-order chi connectivity index (χ0) is 15.4. The summed E-state index contributed by atoms with van der Waals surface area (Å²) in [6.07, 6.45) is -0.610. The van der Waals surface area contributed by atoms with Crippen LogP contribution in [0.1, 0.15) is 18.9 Å². The average molecular weight is 315 g/mol. The van der Waals surface area contributed by atoms with E-state index in [2.05, 4.69) is 10.5 Å². The van der Waals surface area contributed by atoms with Crippen LogP contribution in [0.15, 0.2) is 23.4 Å². The monoisotopic (exact) mass is 314 g/mol. The van der Waals surface area contributed by atoms with Crippen LogP contribution in [0.25, 0.3) is 0 Å². The van der Waals surface area contributed by atoms with Crippen LogP contribution in [0.4, 0.5) is 4.39 Å². The van der Waals surface area contributed by atoms with Crippen LogP contribution in [-0.2, 0) is 14.4 Å². The maximum atomic E-state index is 13.8. The van der Waals surface area contributed by atoms with E-state index in [1.165, 1.54) is 12.1 Å². The molecule has 1 amide bonds. The topological polar surface area (TPSA) is 59.9 Å². The maximum Gasteiger partial charge on any atom is 0.264 e. The number of benzene rings is 1. The number of ether oxygens (including phenoxy) is 1. The highest BCUT2D eigenvalue weighted by molar-refractivity contribution is 6.34. The number of amides is 1. The molecule has 0 spiro atoms. The lowest BCUT2D eigenvalue weighted by atomic mass is 10.0. The first kappa shape index (κ1) is 15.7. The van der Waals surface area contributed by atoms with Crippen molar-refractivity contribution in [2.45, 2.75) is 25.5 Å². The summed E-state index contributed by atoms with van der Waals surface area (Å²) in [4.78, 5) is 17.1. The van der Waals surface area contributed by atoms with Gasteiger partial charge in [0.05, 0.1) is 22.9 Å². The number of nitrogens with one attached hydrogen (secondary N) is 1. The Balaban J connectivity index is 2.01. The van der Waals surface area contributed by atoms with Gasteiger partial charge in [0.15, 0.2) is 0 Å². The van der Waals surface area contributed by atoms with Gasteiger partial charge >= 0.3 is 0 Å². The van der Waals surface area contributed by atoms with Crippen LogP contribution >= 0.6 is 11.6 Å². The third-order valence-corrected chi connectivity index (χ3v) is 3.33. The summed E-state index contributed by atoms with van der Waals surface area (Å²) >= 11 is 5.97. The number of oxime groups is 1. The molecule has 114 valence electrons. The number of rotatable bonds is 5. The van der Waals surface area contributed by atoms with Crippen molar-refractivity contribution in [3.05, 3.63) is 34.6 Å². The predicted octanol–water partition coefficient (Wildman–Crippen LogP) is 2.12. The Morgan fingerprint density at radius 3 is 3.10 bits per heavy atom. The maximum absolute atomic E-state index is 13.8. The summed E-state index contributed by atoms with van der Waals surface area (Å²) in [5.41, 5.74) is 0.511. The van der Waals surface area contributed by atoms with E-state index < -0.39 is 11.9 Å². The molecule has 1 aliphatic heterocycles. The van der Waals surface area contributed by atoms with E-state index >= 15 is 0 Å². The Bertz CT molecular complexity index is 545. The van der Waals surface area contributed by atoms with Crippen molar-refractivity contribution in [1.82, 2.24) is 5.32 Å². The number of hydrogen-bond donors (Lipinski definition) is 1. The Morgan fingerprint density at radius 2 is 2.43 bits per heavy atom. The summed E-state index contributed by atoms with van der Waals surface area (Å²) in [5.74, 6) is -0.801. The summed E-state index contributed by atoms with van der Waals surface area (Å²) in [6, 6.07) is 4.22. The van der Waals surface area contributed by atoms with Gasteiger partial charge in [0.2, 0.25) is 6.10 Å². The molecule has 1 aliphatic rings. The largest absolute Gasteiger partial charge is 0.383 e. The van der Waals surface area contributed by atoms with E-state index in [1.807, 2.05) is 6.92 Å². The van der Waals surface area contributed by atoms with Gasteiger partial charge in [0.25, 0.3) is 5.91 Å². The number of halogens is 2. The second kappa shape index (κ2) is 6.87. The van der Waals surface area contributed by atoms with Gasteiger partial charge in [-0.05, 0) is 19.1 Å². The number of nitrogens with zero attached hydrogens (tertiary/aromatic N) is 1. The van der Waals surface area contributed by atoms with Gasteiger partial charge in [-0.25, -0.2) is 4.39 Å². The highest BCUT2D eigenvalue weighted by Gasteiger charge is 2.31. The first-order chi connectivity index (χ1) is 10.0. The van der Waals surface area contributed by atoms with Crippen LogP contribution in [0.5, 0.6) is 0 Å². The minimum absolute atomic E-state index is 0.146. The van der Waals surface area contributed by atoms with Crippen molar-refractivity contribution in [2.75, 3.05) is 13.7 Å². The molecular formula is C14H16ClFN2O3. The Kier molecular flexibility index (Phi) is 5.14. The smallest absolute Gasteiger partial charge is 0.264 e. The van der Waals surface area contributed by atoms with Crippen molar-refractivity contribution < 1.29 is 18.8 Å². The molecule has 0 saturated heterocycles. The second-order valence-corrected chi connectivity index (χ2v) is 5.20. The van der Waals surface area contributed by atoms with Gasteiger partial charge in [0.1, 0.15) is 5.82 Å². The van der Waals surface area contributed by atoms with Crippen molar-refractivity contribution in [3.8, 4) is 0 Å². The quantitative estimate of drug-likeness (QED) is 0.905. The van der Waals surface area contributed by atoms with Gasteiger partial charge in [-0.3, -0.25) is 4.79 Å². The third kappa shape index (κ3) is 3.71. The van der Waals surface area contributed by atoms with Crippen molar-refractivity contribution in [2.24, 2.45) is 5.16 Å². The van der Waals surface area contributed by atoms with Gasteiger partial charge < -0.3 is 14.9 Å². The lowest BCUT2D eigenvalue weighted by Crippen LogP contribution is -2.42. The second-order valence-electron chi connectivity index (χ2n) is 4.80. The standard InChI is InChI=1S/C14H16ClFN2O3/c1-8(7-20-2)17-14(19)12-6-11(18-21-12)13-9(15)4-3-5-10(13)16/h3-5,8,12H,6-7H2,1-2H3,(H,17,19)/t8-,12+/m1/s1. The first-order valence-corrected chi connectivity index (χ1v) is 6.87. The van der Waals surface area contributed by atoms with Gasteiger partial charge in [0, 0.05) is 19.6 Å². The molecule has 0 bridgehead atoms. The van der Waals surface area contributed by atoms with Gasteiger partial charge in [-0.2, -0.15) is 0 Å². The molecule has 0 aromatic heterocycles. The molecule has 0 fully saturated rings. The molecule has 5 nitrogen and oxygen atoms in total. The molecule has 0 radical (unpaired) electrons. The van der Waals surface area contributed by atoms with E-state index in [0.29, 0.717) is 12.3 Å². The fraction of sp³-hybridized carbons (Fsp3) is 0.429. The highest BCUT2D eigenvalue weighted by Crippen LogP contribution is 2.25. The number of hydrogen-bond acceptors (Lipinski definition) is 4. The summed E-state index contributed by atoms with van der Waals surface area (Å²) < 4.78 is 18.7. The van der Waals surface area contributed by atoms with Crippen LogP contribution in [-0.4, -0.2) is 37.5 Å². The molecule has 1 N–H and O–H groups in total. The molecule has 1 aromatic carbocycles. The van der Waals surface area contributed by atoms with Crippen LogP contribution < -0.4 is 5.32 Å². The minimum Gasteiger partial charge on any atom is -0.383 e. The first-order valence-electron chi connectivity index (χ1n) is 6.49. The Morgan fingerprint density at radius 1 is 1.67 bits per heavy atom. The van der Waals surface area contributed by atoms with Gasteiger partial charge in [-0.15, -0.1) is 0 Å². The average Bonchev–Trinajstić information content (AvgIpc) is 2.88. The van der Waals surface area contributed by atoms with Crippen molar-refractivity contribution >= 4 is 23.2 Å². The molecule has 1 heterocycles. The SMILES string of the molecule is COC[C@@H](C)NC(=O)[C@@H]1CC(c2c(F)cccc2Cl)=NO1. The van der Waals surface area contributed by atoms with E-state index in [0.717, 1.165) is 0 Å². The summed E-state index contributed by atoms with van der Waals surface area (Å²) in [7, 11) is 1.55. The number of carbonyl (C=O) groups is 1. The Labute approximate surface area is 127 Å². The molecule has 2 atom stereocenters. The zero-order valence-corrected chi connectivity index (χ0v) is 12.5. The normalized spacial score (nSPS) is 18.9. The Hall–Kier alpha value is -1.66. The molecule has 2 rings (SSSR count). The molecular weight excluding hydrogens is 299 g/mol. The van der Waals surface area contributed by atoms with Crippen molar-refractivity contribution in [3.63, 3.8) is 0 Å². The molecule has 1 aromatic rings. The predicted molar refractivity (Wildman–Crippen MR) is 76.9 cm³/mol. The van der Waals surface area contributed by atoms with Gasteiger partial charge in [-0.1, -0.05) is 22.8 Å². The lowest BCUT2D eigenvalue weighted by Gasteiger charge is -2.15. The summed E-state index contributed by atoms with van der Waals surface area (Å²) in [6.45, 7) is 2.21. The highest BCUT2D eigenvalue weighted by atomic mass is 35.5. The van der Waals surface area contributed by atoms with Crippen LogP contribution in [0.2, 0.25) is 5.02 Å². The molecule has 21 heavy (non-hydrogen) atoms. The zero-order valence-electron chi connectivity index (χ0n) is 11.7. The van der Waals surface area contributed by atoms with E-state index in [9.17, 15) is 9.18 Å². The molecule has 0 aliphatic carbocycles. The van der Waals surface area contributed by atoms with E-state index in [-0.39, 0.29) is 29.0 Å². The van der Waals surface area contributed by atoms with Crippen molar-refractivity contribution in [1.29, 1.82) is 0 Å². The molecule has 7 heteroatoms.